The molecule has 0 aromatic carbocycles. The summed E-state index contributed by atoms with van der Waals surface area (Å²) in [6.45, 7) is 2.96. The van der Waals surface area contributed by atoms with E-state index in [1.807, 2.05) is 6.92 Å². The van der Waals surface area contributed by atoms with E-state index in [-0.39, 0.29) is 22.9 Å². The average Bonchev–Trinajstić information content (AvgIpc) is 2.82. The lowest BCUT2D eigenvalue weighted by molar-refractivity contribution is 0.107. The van der Waals surface area contributed by atoms with Crippen LogP contribution in [-0.2, 0) is 14.8 Å². The van der Waals surface area contributed by atoms with Gasteiger partial charge >= 0.3 is 0 Å². The van der Waals surface area contributed by atoms with Gasteiger partial charge in [-0.15, -0.1) is 0 Å². The standard InChI is InChI=1S/C10H17N5O3S/c1-7-8(2-3-18-7)4-14-19(16,17)9-5-12-10(15-11)13-6-9/h5-8,14H,2-4,11H2,1H3,(H,12,13,15). The number of ether oxygens (including phenoxy) is 1. The first kappa shape index (κ1) is 14.1. The summed E-state index contributed by atoms with van der Waals surface area (Å²) in [4.78, 5) is 7.55. The number of nitrogen functional groups attached to an aromatic ring is 1. The summed E-state index contributed by atoms with van der Waals surface area (Å²) in [5.41, 5.74) is 2.23. The van der Waals surface area contributed by atoms with Gasteiger partial charge in [0.25, 0.3) is 0 Å². The lowest BCUT2D eigenvalue weighted by Gasteiger charge is -2.14. The van der Waals surface area contributed by atoms with Gasteiger partial charge in [-0.3, -0.25) is 5.43 Å². The van der Waals surface area contributed by atoms with Gasteiger partial charge in [-0.1, -0.05) is 0 Å². The van der Waals surface area contributed by atoms with Crippen LogP contribution in [0, 0.1) is 5.92 Å². The molecule has 0 aliphatic carbocycles. The quantitative estimate of drug-likeness (QED) is 0.491. The zero-order chi connectivity index (χ0) is 13.9. The van der Waals surface area contributed by atoms with E-state index in [1.54, 1.807) is 0 Å². The monoisotopic (exact) mass is 287 g/mol. The highest BCUT2D eigenvalue weighted by Gasteiger charge is 2.26. The Morgan fingerprint density at radius 1 is 1.47 bits per heavy atom. The maximum absolute atomic E-state index is 12.0. The molecular weight excluding hydrogens is 270 g/mol. The van der Waals surface area contributed by atoms with Crippen LogP contribution in [0.4, 0.5) is 5.95 Å². The van der Waals surface area contributed by atoms with Crippen LogP contribution in [0.5, 0.6) is 0 Å². The van der Waals surface area contributed by atoms with Gasteiger partial charge in [0.15, 0.2) is 0 Å². The van der Waals surface area contributed by atoms with Gasteiger partial charge in [-0.25, -0.2) is 29.0 Å². The molecule has 2 unspecified atom stereocenters. The molecule has 1 aromatic rings. The fourth-order valence-corrected chi connectivity index (χ4v) is 2.86. The fourth-order valence-electron chi connectivity index (χ4n) is 1.87. The second kappa shape index (κ2) is 5.78. The van der Waals surface area contributed by atoms with Gasteiger partial charge < -0.3 is 4.74 Å². The van der Waals surface area contributed by atoms with Crippen LogP contribution in [0.1, 0.15) is 13.3 Å². The Morgan fingerprint density at radius 2 is 2.16 bits per heavy atom. The number of anilines is 1. The summed E-state index contributed by atoms with van der Waals surface area (Å²) in [6, 6.07) is 0. The first-order valence-electron chi connectivity index (χ1n) is 5.93. The number of nitrogens with two attached hydrogens (primary N) is 1. The number of hydrogen-bond acceptors (Lipinski definition) is 7. The molecule has 0 bridgehead atoms. The van der Waals surface area contributed by atoms with E-state index in [2.05, 4.69) is 20.1 Å². The fraction of sp³-hybridized carbons (Fsp3) is 0.600. The van der Waals surface area contributed by atoms with Crippen molar-refractivity contribution in [3.63, 3.8) is 0 Å². The Bertz CT molecular complexity index is 518. The van der Waals surface area contributed by atoms with Crippen molar-refractivity contribution in [2.45, 2.75) is 24.3 Å². The van der Waals surface area contributed by atoms with Crippen LogP contribution in [0.2, 0.25) is 0 Å². The number of nitrogens with zero attached hydrogens (tertiary/aromatic N) is 2. The molecule has 2 rings (SSSR count). The third-order valence-electron chi connectivity index (χ3n) is 3.14. The molecule has 1 fully saturated rings. The van der Waals surface area contributed by atoms with Crippen molar-refractivity contribution in [3.05, 3.63) is 12.4 Å². The highest BCUT2D eigenvalue weighted by atomic mass is 32.2. The van der Waals surface area contributed by atoms with E-state index in [0.717, 1.165) is 6.42 Å². The topological polar surface area (TPSA) is 119 Å². The minimum atomic E-state index is -3.60. The molecule has 8 nitrogen and oxygen atoms in total. The van der Waals surface area contributed by atoms with Crippen LogP contribution < -0.4 is 16.0 Å². The number of hydrogen-bond donors (Lipinski definition) is 3. The minimum Gasteiger partial charge on any atom is -0.378 e. The first-order chi connectivity index (χ1) is 9.03. The van der Waals surface area contributed by atoms with E-state index in [1.165, 1.54) is 12.4 Å². The molecule has 2 heterocycles. The maximum atomic E-state index is 12.0. The molecule has 9 heteroatoms. The van der Waals surface area contributed by atoms with E-state index in [9.17, 15) is 8.42 Å². The van der Waals surface area contributed by atoms with Crippen molar-refractivity contribution < 1.29 is 13.2 Å². The number of hydrazine groups is 1. The Morgan fingerprint density at radius 3 is 2.68 bits per heavy atom. The minimum absolute atomic E-state index is 0.0121. The highest BCUT2D eigenvalue weighted by molar-refractivity contribution is 7.89. The van der Waals surface area contributed by atoms with E-state index in [0.29, 0.717) is 13.2 Å². The van der Waals surface area contributed by atoms with Crippen molar-refractivity contribution in [1.29, 1.82) is 0 Å². The van der Waals surface area contributed by atoms with E-state index in [4.69, 9.17) is 10.6 Å². The van der Waals surface area contributed by atoms with E-state index >= 15 is 0 Å². The zero-order valence-electron chi connectivity index (χ0n) is 10.5. The maximum Gasteiger partial charge on any atom is 0.243 e. The molecular formula is C10H17N5O3S. The molecule has 1 saturated heterocycles. The summed E-state index contributed by atoms with van der Waals surface area (Å²) in [5, 5.41) is 0. The van der Waals surface area contributed by atoms with Crippen molar-refractivity contribution in [2.24, 2.45) is 11.8 Å². The summed E-state index contributed by atoms with van der Waals surface area (Å²) < 4.78 is 32.0. The van der Waals surface area contributed by atoms with Crippen LogP contribution in [-0.4, -0.2) is 37.6 Å². The van der Waals surface area contributed by atoms with Gasteiger partial charge in [-0.2, -0.15) is 0 Å². The number of rotatable bonds is 5. The van der Waals surface area contributed by atoms with E-state index < -0.39 is 10.0 Å². The van der Waals surface area contributed by atoms with Crippen LogP contribution in [0.15, 0.2) is 17.3 Å². The molecule has 19 heavy (non-hydrogen) atoms. The normalized spacial score (nSPS) is 23.5. The number of aromatic nitrogens is 2. The molecule has 1 aliphatic rings. The average molecular weight is 287 g/mol. The van der Waals surface area contributed by atoms with Gasteiger partial charge in [0.05, 0.1) is 18.5 Å². The predicted octanol–water partition coefficient (Wildman–Crippen LogP) is -0.534. The summed E-state index contributed by atoms with van der Waals surface area (Å²) >= 11 is 0. The largest absolute Gasteiger partial charge is 0.378 e. The van der Waals surface area contributed by atoms with Gasteiger partial charge in [0, 0.05) is 19.1 Å². The molecule has 0 amide bonds. The third-order valence-corrected chi connectivity index (χ3v) is 4.51. The van der Waals surface area contributed by atoms with Gasteiger partial charge in [-0.05, 0) is 13.3 Å². The Hall–Kier alpha value is -1.29. The molecule has 2 atom stereocenters. The Kier molecular flexibility index (Phi) is 4.30. The molecule has 0 spiro atoms. The van der Waals surface area contributed by atoms with Gasteiger partial charge in [0.2, 0.25) is 16.0 Å². The second-order valence-electron chi connectivity index (χ2n) is 4.36. The third kappa shape index (κ3) is 3.38. The van der Waals surface area contributed by atoms with Crippen molar-refractivity contribution in [2.75, 3.05) is 18.6 Å². The molecule has 106 valence electrons. The number of sulfonamides is 1. The van der Waals surface area contributed by atoms with Gasteiger partial charge in [0.1, 0.15) is 4.90 Å². The van der Waals surface area contributed by atoms with Crippen molar-refractivity contribution in [3.8, 4) is 0 Å². The van der Waals surface area contributed by atoms with Crippen LogP contribution in [0.25, 0.3) is 0 Å². The molecule has 0 saturated carbocycles. The smallest absolute Gasteiger partial charge is 0.243 e. The molecule has 1 aromatic heterocycles. The zero-order valence-corrected chi connectivity index (χ0v) is 11.4. The molecule has 0 radical (unpaired) electrons. The van der Waals surface area contributed by atoms with Crippen LogP contribution in [0.3, 0.4) is 0 Å². The summed E-state index contributed by atoms with van der Waals surface area (Å²) in [6.07, 6.45) is 3.34. The predicted molar refractivity (Wildman–Crippen MR) is 68.6 cm³/mol. The Balaban J connectivity index is 2.01. The summed E-state index contributed by atoms with van der Waals surface area (Å²) in [5.74, 6) is 5.47. The summed E-state index contributed by atoms with van der Waals surface area (Å²) in [7, 11) is -3.60. The van der Waals surface area contributed by atoms with Crippen molar-refractivity contribution >= 4 is 16.0 Å². The first-order valence-corrected chi connectivity index (χ1v) is 7.41. The lowest BCUT2D eigenvalue weighted by atomic mass is 10.0. The SMILES string of the molecule is CC1OCCC1CNS(=O)(=O)c1cnc(NN)nc1. The highest BCUT2D eigenvalue weighted by Crippen LogP contribution is 2.20. The second-order valence-corrected chi connectivity index (χ2v) is 6.13. The molecule has 1 aliphatic heterocycles. The number of nitrogens with one attached hydrogen (secondary N) is 2. The van der Waals surface area contributed by atoms with Crippen LogP contribution >= 0.6 is 0 Å². The lowest BCUT2D eigenvalue weighted by Crippen LogP contribution is -2.32. The van der Waals surface area contributed by atoms with Crippen molar-refractivity contribution in [1.82, 2.24) is 14.7 Å². The molecule has 4 N–H and O–H groups in total. The Labute approximate surface area is 111 Å².